The Morgan fingerprint density at radius 2 is 1.78 bits per heavy atom. The third-order valence-corrected chi connectivity index (χ3v) is 4.79. The molecule has 0 unspecified atom stereocenters. The summed E-state index contributed by atoms with van der Waals surface area (Å²) in [5.74, 6) is -0.520. The average molecular weight is 380 g/mol. The molecule has 0 fully saturated rings. The second-order valence-electron chi connectivity index (χ2n) is 6.26. The number of hydrogen-bond donors (Lipinski definition) is 0. The van der Waals surface area contributed by atoms with Gasteiger partial charge in [0.15, 0.2) is 5.13 Å². The van der Waals surface area contributed by atoms with Gasteiger partial charge in [-0.15, -0.1) is 11.3 Å². The molecular formula is C21H20N2O3S. The zero-order chi connectivity index (χ0) is 19.4. The Labute approximate surface area is 162 Å². The minimum absolute atomic E-state index is 0.0584. The van der Waals surface area contributed by atoms with Crippen molar-refractivity contribution in [3.63, 3.8) is 0 Å². The monoisotopic (exact) mass is 380 g/mol. The lowest BCUT2D eigenvalue weighted by molar-refractivity contribution is -0.115. The van der Waals surface area contributed by atoms with Gasteiger partial charge >= 0.3 is 5.97 Å². The molecule has 5 nitrogen and oxygen atoms in total. The summed E-state index contributed by atoms with van der Waals surface area (Å²) >= 11 is 1.34. The molecule has 0 spiro atoms. The van der Waals surface area contributed by atoms with Gasteiger partial charge in [0.2, 0.25) is 5.91 Å². The van der Waals surface area contributed by atoms with Crippen molar-refractivity contribution in [3.8, 4) is 0 Å². The van der Waals surface area contributed by atoms with Gasteiger partial charge in [-0.05, 0) is 43.7 Å². The van der Waals surface area contributed by atoms with Crippen LogP contribution in [0.25, 0.3) is 0 Å². The predicted molar refractivity (Wildman–Crippen MR) is 106 cm³/mol. The molecule has 0 aliphatic heterocycles. The Kier molecular flexibility index (Phi) is 5.66. The Balaban J connectivity index is 1.73. The van der Waals surface area contributed by atoms with Gasteiger partial charge in [0, 0.05) is 12.3 Å². The SMILES string of the molecule is CC(=O)N(c1cccc(C)c1)c1nc(COC(=O)c2cccc(C)c2)cs1. The maximum absolute atomic E-state index is 12.2. The summed E-state index contributed by atoms with van der Waals surface area (Å²) in [6, 6.07) is 14.9. The van der Waals surface area contributed by atoms with Crippen molar-refractivity contribution >= 4 is 34.0 Å². The minimum atomic E-state index is -0.393. The first-order valence-electron chi connectivity index (χ1n) is 8.49. The van der Waals surface area contributed by atoms with Crippen LogP contribution in [0.5, 0.6) is 0 Å². The fourth-order valence-electron chi connectivity index (χ4n) is 2.65. The molecule has 6 heteroatoms. The van der Waals surface area contributed by atoms with Crippen LogP contribution in [-0.2, 0) is 16.1 Å². The lowest BCUT2D eigenvalue weighted by atomic mass is 10.1. The van der Waals surface area contributed by atoms with Gasteiger partial charge in [-0.2, -0.15) is 0 Å². The van der Waals surface area contributed by atoms with E-state index in [0.717, 1.165) is 16.8 Å². The number of carbonyl (C=O) groups excluding carboxylic acids is 2. The third-order valence-electron chi connectivity index (χ3n) is 3.91. The first-order chi connectivity index (χ1) is 12.9. The Morgan fingerprint density at radius 1 is 1.07 bits per heavy atom. The zero-order valence-corrected chi connectivity index (χ0v) is 16.2. The second kappa shape index (κ2) is 8.14. The molecule has 27 heavy (non-hydrogen) atoms. The number of rotatable bonds is 5. The largest absolute Gasteiger partial charge is 0.456 e. The summed E-state index contributed by atoms with van der Waals surface area (Å²) in [4.78, 5) is 30.3. The van der Waals surface area contributed by atoms with E-state index in [1.165, 1.54) is 18.3 Å². The number of benzene rings is 2. The van der Waals surface area contributed by atoms with Crippen molar-refractivity contribution in [3.05, 3.63) is 76.3 Å². The van der Waals surface area contributed by atoms with E-state index in [4.69, 9.17) is 4.74 Å². The molecule has 3 aromatic rings. The van der Waals surface area contributed by atoms with Crippen molar-refractivity contribution in [2.45, 2.75) is 27.4 Å². The van der Waals surface area contributed by atoms with Crippen LogP contribution in [0.15, 0.2) is 53.9 Å². The third kappa shape index (κ3) is 4.60. The van der Waals surface area contributed by atoms with E-state index in [-0.39, 0.29) is 12.5 Å². The van der Waals surface area contributed by atoms with Crippen LogP contribution in [0, 0.1) is 13.8 Å². The number of amides is 1. The molecule has 1 aromatic heterocycles. The van der Waals surface area contributed by atoms with Gasteiger partial charge in [0.1, 0.15) is 6.61 Å². The van der Waals surface area contributed by atoms with E-state index in [1.54, 1.807) is 22.4 Å². The highest BCUT2D eigenvalue weighted by Gasteiger charge is 2.18. The molecule has 0 aliphatic carbocycles. The van der Waals surface area contributed by atoms with Crippen LogP contribution in [0.2, 0.25) is 0 Å². The summed E-state index contributed by atoms with van der Waals surface area (Å²) in [6.07, 6.45) is 0. The summed E-state index contributed by atoms with van der Waals surface area (Å²) in [7, 11) is 0. The quantitative estimate of drug-likeness (QED) is 0.597. The number of aryl methyl sites for hydroxylation is 2. The molecule has 0 N–H and O–H groups in total. The van der Waals surface area contributed by atoms with E-state index in [2.05, 4.69) is 4.98 Å². The topological polar surface area (TPSA) is 59.5 Å². The molecule has 0 aliphatic rings. The number of aromatic nitrogens is 1. The molecule has 0 atom stereocenters. The zero-order valence-electron chi connectivity index (χ0n) is 15.4. The first kappa shape index (κ1) is 18.8. The van der Waals surface area contributed by atoms with E-state index in [1.807, 2.05) is 50.2 Å². The fraction of sp³-hybridized carbons (Fsp3) is 0.190. The molecule has 0 radical (unpaired) electrons. The van der Waals surface area contributed by atoms with Crippen molar-refractivity contribution in [2.75, 3.05) is 4.90 Å². The van der Waals surface area contributed by atoms with Gasteiger partial charge in [-0.25, -0.2) is 9.78 Å². The van der Waals surface area contributed by atoms with Gasteiger partial charge < -0.3 is 4.74 Å². The molecule has 0 bridgehead atoms. The van der Waals surface area contributed by atoms with Gasteiger partial charge in [0.05, 0.1) is 16.9 Å². The summed E-state index contributed by atoms with van der Waals surface area (Å²) < 4.78 is 5.35. The van der Waals surface area contributed by atoms with Crippen LogP contribution in [0.1, 0.15) is 34.1 Å². The Hall–Kier alpha value is -2.99. The number of thiazole rings is 1. The molecule has 138 valence electrons. The number of nitrogens with zero attached hydrogens (tertiary/aromatic N) is 2. The highest BCUT2D eigenvalue weighted by atomic mass is 32.1. The number of anilines is 2. The van der Waals surface area contributed by atoms with Crippen molar-refractivity contribution in [1.29, 1.82) is 0 Å². The van der Waals surface area contributed by atoms with Gasteiger partial charge in [-0.3, -0.25) is 9.69 Å². The van der Waals surface area contributed by atoms with Crippen molar-refractivity contribution in [1.82, 2.24) is 4.98 Å². The highest BCUT2D eigenvalue weighted by molar-refractivity contribution is 7.14. The molecular weight excluding hydrogens is 360 g/mol. The maximum atomic E-state index is 12.2. The number of carbonyl (C=O) groups is 2. The maximum Gasteiger partial charge on any atom is 0.338 e. The van der Waals surface area contributed by atoms with Crippen molar-refractivity contribution in [2.24, 2.45) is 0 Å². The predicted octanol–water partition coefficient (Wildman–Crippen LogP) is 4.80. The smallest absolute Gasteiger partial charge is 0.338 e. The van der Waals surface area contributed by atoms with E-state index >= 15 is 0 Å². The normalized spacial score (nSPS) is 10.5. The van der Waals surface area contributed by atoms with Crippen LogP contribution in [0.3, 0.4) is 0 Å². The van der Waals surface area contributed by atoms with Gasteiger partial charge in [0.25, 0.3) is 0 Å². The Bertz CT molecular complexity index is 981. The van der Waals surface area contributed by atoms with Crippen LogP contribution < -0.4 is 4.90 Å². The molecule has 3 rings (SSSR count). The van der Waals surface area contributed by atoms with Crippen LogP contribution in [0.4, 0.5) is 10.8 Å². The second-order valence-corrected chi connectivity index (χ2v) is 7.10. The van der Waals surface area contributed by atoms with Crippen molar-refractivity contribution < 1.29 is 14.3 Å². The van der Waals surface area contributed by atoms with E-state index < -0.39 is 5.97 Å². The molecule has 1 amide bonds. The lowest BCUT2D eigenvalue weighted by Crippen LogP contribution is -2.22. The minimum Gasteiger partial charge on any atom is -0.456 e. The van der Waals surface area contributed by atoms with Gasteiger partial charge in [-0.1, -0.05) is 29.8 Å². The van der Waals surface area contributed by atoms with E-state index in [9.17, 15) is 9.59 Å². The molecule has 2 aromatic carbocycles. The number of esters is 1. The molecule has 0 saturated heterocycles. The molecule has 1 heterocycles. The first-order valence-corrected chi connectivity index (χ1v) is 9.37. The Morgan fingerprint density at radius 3 is 2.44 bits per heavy atom. The van der Waals surface area contributed by atoms with E-state index in [0.29, 0.717) is 16.4 Å². The summed E-state index contributed by atoms with van der Waals surface area (Å²) in [5, 5.41) is 2.35. The average Bonchev–Trinajstić information content (AvgIpc) is 3.08. The number of ether oxygens (including phenoxy) is 1. The van der Waals surface area contributed by atoms with Crippen LogP contribution >= 0.6 is 11.3 Å². The van der Waals surface area contributed by atoms with Crippen LogP contribution in [-0.4, -0.2) is 16.9 Å². The molecule has 0 saturated carbocycles. The summed E-state index contributed by atoms with van der Waals surface area (Å²) in [5.41, 5.74) is 3.93. The standard InChI is InChI=1S/C21H20N2O3S/c1-14-6-4-8-17(10-14)20(25)26-12-18-13-27-21(22-18)23(16(3)24)19-9-5-7-15(2)11-19/h4-11,13H,12H2,1-3H3. The highest BCUT2D eigenvalue weighted by Crippen LogP contribution is 2.29. The summed E-state index contributed by atoms with van der Waals surface area (Å²) in [6.45, 7) is 5.45. The fourth-order valence-corrected chi connectivity index (χ4v) is 3.53. The lowest BCUT2D eigenvalue weighted by Gasteiger charge is -2.18. The number of hydrogen-bond acceptors (Lipinski definition) is 5.